The Bertz CT molecular complexity index is 1020. The molecule has 0 aromatic heterocycles. The maximum absolute atomic E-state index is 13.1. The molecule has 1 aromatic rings. The number of amides is 2. The van der Waals surface area contributed by atoms with Gasteiger partial charge in [0, 0.05) is 30.6 Å². The number of aliphatic hydroxyl groups is 2. The Kier molecular flexibility index (Phi) is 10.3. The van der Waals surface area contributed by atoms with E-state index in [1.807, 2.05) is 29.5 Å². The van der Waals surface area contributed by atoms with Crippen molar-refractivity contribution in [2.45, 2.75) is 50.9 Å². The SMILES string of the molecule is CCC=CC(=O)N(CC1CC1)C1CC(C(=O)NCCO)=CC(Oc2c(I)cc(C=O)cc2OC)C1O. The van der Waals surface area contributed by atoms with Crippen LogP contribution in [0, 0.1) is 9.49 Å². The quantitative estimate of drug-likeness (QED) is 0.188. The molecule has 9 nitrogen and oxygen atoms in total. The van der Waals surface area contributed by atoms with Crippen LogP contribution in [-0.2, 0) is 9.59 Å². The van der Waals surface area contributed by atoms with Gasteiger partial charge in [-0.15, -0.1) is 0 Å². The van der Waals surface area contributed by atoms with Crippen molar-refractivity contribution >= 4 is 40.7 Å². The van der Waals surface area contributed by atoms with Crippen LogP contribution in [0.4, 0.5) is 0 Å². The van der Waals surface area contributed by atoms with E-state index >= 15 is 0 Å². The molecule has 3 N–H and O–H groups in total. The molecule has 3 atom stereocenters. The van der Waals surface area contributed by atoms with E-state index in [2.05, 4.69) is 5.32 Å². The second kappa shape index (κ2) is 13.2. The minimum Gasteiger partial charge on any atom is -0.493 e. The van der Waals surface area contributed by atoms with E-state index in [1.165, 1.54) is 19.3 Å². The number of rotatable bonds is 12. The topological polar surface area (TPSA) is 125 Å². The molecule has 0 saturated heterocycles. The predicted octanol–water partition coefficient (Wildman–Crippen LogP) is 2.23. The van der Waals surface area contributed by atoms with Crippen molar-refractivity contribution in [2.24, 2.45) is 5.92 Å². The molecule has 3 unspecified atom stereocenters. The number of carbonyl (C=O) groups excluding carboxylic acids is 3. The molecular weight excluding hydrogens is 579 g/mol. The molecule has 36 heavy (non-hydrogen) atoms. The predicted molar refractivity (Wildman–Crippen MR) is 142 cm³/mol. The zero-order chi connectivity index (χ0) is 26.2. The number of allylic oxidation sites excluding steroid dienone is 1. The molecule has 1 fully saturated rings. The van der Waals surface area contributed by atoms with Gasteiger partial charge in [-0.05, 0) is 72.1 Å². The van der Waals surface area contributed by atoms with Gasteiger partial charge in [-0.25, -0.2) is 0 Å². The maximum Gasteiger partial charge on any atom is 0.247 e. The van der Waals surface area contributed by atoms with Crippen LogP contribution in [0.5, 0.6) is 11.5 Å². The number of nitrogens with one attached hydrogen (secondary N) is 1. The van der Waals surface area contributed by atoms with Gasteiger partial charge in [0.1, 0.15) is 18.5 Å². The normalized spacial score (nSPS) is 21.6. The van der Waals surface area contributed by atoms with Crippen molar-refractivity contribution in [1.82, 2.24) is 10.2 Å². The molecule has 0 heterocycles. The highest BCUT2D eigenvalue weighted by Gasteiger charge is 2.42. The van der Waals surface area contributed by atoms with Gasteiger partial charge in [0.25, 0.3) is 0 Å². The van der Waals surface area contributed by atoms with Crippen molar-refractivity contribution in [3.05, 3.63) is 45.1 Å². The summed E-state index contributed by atoms with van der Waals surface area (Å²) in [6.07, 6.45) is 6.34. The van der Waals surface area contributed by atoms with Gasteiger partial charge in [0.15, 0.2) is 11.5 Å². The Labute approximate surface area is 224 Å². The monoisotopic (exact) mass is 612 g/mol. The molecule has 3 rings (SSSR count). The third-order valence-corrected chi connectivity index (χ3v) is 6.99. The zero-order valence-electron chi connectivity index (χ0n) is 20.5. The Morgan fingerprint density at radius 1 is 1.31 bits per heavy atom. The van der Waals surface area contributed by atoms with Gasteiger partial charge in [-0.1, -0.05) is 13.0 Å². The lowest BCUT2D eigenvalue weighted by atomic mass is 9.88. The molecule has 0 radical (unpaired) electrons. The summed E-state index contributed by atoms with van der Waals surface area (Å²) < 4.78 is 12.2. The molecule has 2 aliphatic rings. The first-order valence-corrected chi connectivity index (χ1v) is 13.1. The van der Waals surface area contributed by atoms with Gasteiger partial charge < -0.3 is 29.9 Å². The fraction of sp³-hybridized carbons (Fsp3) is 0.500. The Morgan fingerprint density at radius 2 is 2.06 bits per heavy atom. The van der Waals surface area contributed by atoms with Crippen molar-refractivity contribution < 1.29 is 34.1 Å². The Hall–Kier alpha value is -2.44. The first kappa shape index (κ1) is 28.1. The van der Waals surface area contributed by atoms with Crippen LogP contribution in [0.25, 0.3) is 0 Å². The van der Waals surface area contributed by atoms with E-state index in [-0.39, 0.29) is 25.5 Å². The first-order chi connectivity index (χ1) is 17.3. The summed E-state index contributed by atoms with van der Waals surface area (Å²) in [6, 6.07) is 2.48. The number of carbonyl (C=O) groups is 3. The number of hydrogen-bond donors (Lipinski definition) is 3. The Balaban J connectivity index is 1.98. The van der Waals surface area contributed by atoms with Crippen LogP contribution in [0.3, 0.4) is 0 Å². The van der Waals surface area contributed by atoms with E-state index in [4.69, 9.17) is 14.6 Å². The van der Waals surface area contributed by atoms with Gasteiger partial charge in [-0.2, -0.15) is 0 Å². The van der Waals surface area contributed by atoms with E-state index in [0.717, 1.165) is 12.8 Å². The molecule has 1 aromatic carbocycles. The number of hydrogen-bond acceptors (Lipinski definition) is 7. The lowest BCUT2D eigenvalue weighted by Gasteiger charge is -2.40. The van der Waals surface area contributed by atoms with Gasteiger partial charge in [0.2, 0.25) is 11.8 Å². The van der Waals surface area contributed by atoms with Gasteiger partial charge >= 0.3 is 0 Å². The van der Waals surface area contributed by atoms with Crippen LogP contribution in [-0.4, -0.2) is 78.3 Å². The van der Waals surface area contributed by atoms with E-state index < -0.39 is 24.2 Å². The molecule has 2 aliphatic carbocycles. The smallest absolute Gasteiger partial charge is 0.247 e. The summed E-state index contributed by atoms with van der Waals surface area (Å²) in [7, 11) is 1.45. The maximum atomic E-state index is 13.1. The third kappa shape index (κ3) is 7.07. The summed E-state index contributed by atoms with van der Waals surface area (Å²) in [5.41, 5.74) is 0.768. The van der Waals surface area contributed by atoms with E-state index in [0.29, 0.717) is 51.4 Å². The van der Waals surface area contributed by atoms with E-state index in [9.17, 15) is 19.5 Å². The van der Waals surface area contributed by atoms with Crippen molar-refractivity contribution in [2.75, 3.05) is 26.8 Å². The minimum absolute atomic E-state index is 0.0811. The molecule has 2 amide bonds. The lowest BCUT2D eigenvalue weighted by Crippen LogP contribution is -2.55. The van der Waals surface area contributed by atoms with Crippen molar-refractivity contribution in [1.29, 1.82) is 0 Å². The molecule has 10 heteroatoms. The fourth-order valence-corrected chi connectivity index (χ4v) is 4.87. The molecule has 196 valence electrons. The lowest BCUT2D eigenvalue weighted by molar-refractivity contribution is -0.133. The highest BCUT2D eigenvalue weighted by atomic mass is 127. The van der Waals surface area contributed by atoms with Crippen LogP contribution < -0.4 is 14.8 Å². The molecule has 0 aliphatic heterocycles. The molecule has 0 spiro atoms. The van der Waals surface area contributed by atoms with Gasteiger partial charge in [0.05, 0.1) is 23.3 Å². The average Bonchev–Trinajstić information content (AvgIpc) is 3.70. The molecule has 1 saturated carbocycles. The fourth-order valence-electron chi connectivity index (χ4n) is 4.12. The highest BCUT2D eigenvalue weighted by molar-refractivity contribution is 14.1. The molecular formula is C26H33IN2O7. The van der Waals surface area contributed by atoms with Crippen molar-refractivity contribution in [3.63, 3.8) is 0 Å². The minimum atomic E-state index is -1.12. The second-order valence-corrected chi connectivity index (χ2v) is 10.1. The summed E-state index contributed by atoms with van der Waals surface area (Å²) >= 11 is 2.02. The summed E-state index contributed by atoms with van der Waals surface area (Å²) in [5, 5.41) is 23.2. The van der Waals surface area contributed by atoms with Crippen LogP contribution in [0.2, 0.25) is 0 Å². The van der Waals surface area contributed by atoms with Crippen molar-refractivity contribution in [3.8, 4) is 11.5 Å². The number of aldehydes is 1. The first-order valence-electron chi connectivity index (χ1n) is 12.1. The van der Waals surface area contributed by atoms with Gasteiger partial charge in [-0.3, -0.25) is 14.4 Å². The summed E-state index contributed by atoms with van der Waals surface area (Å²) in [5.74, 6) is 0.395. The zero-order valence-corrected chi connectivity index (χ0v) is 22.6. The number of methoxy groups -OCH3 is 1. The Morgan fingerprint density at radius 3 is 2.67 bits per heavy atom. The second-order valence-electron chi connectivity index (χ2n) is 8.91. The van der Waals surface area contributed by atoms with E-state index in [1.54, 1.807) is 23.1 Å². The van der Waals surface area contributed by atoms with Crippen LogP contribution in [0.15, 0.2) is 35.9 Å². The largest absolute Gasteiger partial charge is 0.493 e. The molecule has 0 bridgehead atoms. The highest BCUT2D eigenvalue weighted by Crippen LogP contribution is 2.38. The number of ether oxygens (including phenoxy) is 2. The summed E-state index contributed by atoms with van der Waals surface area (Å²) in [4.78, 5) is 38.9. The van der Waals surface area contributed by atoms with Crippen LogP contribution in [0.1, 0.15) is 43.0 Å². The average molecular weight is 612 g/mol. The number of benzene rings is 1. The number of nitrogens with zero attached hydrogens (tertiary/aromatic N) is 1. The standard InChI is InChI=1S/C26H33IN2O7/c1-3-4-5-23(32)29(14-16-6-7-16)20-12-18(26(34)28-8-9-30)13-21(24(20)33)36-25-19(27)10-17(15-31)11-22(25)35-2/h4-5,10-11,13,15-16,20-21,24,30,33H,3,6-9,12,14H2,1-2H3,(H,28,34). The summed E-state index contributed by atoms with van der Waals surface area (Å²) in [6.45, 7) is 2.29. The number of halogens is 1. The number of aliphatic hydroxyl groups excluding tert-OH is 2. The van der Waals surface area contributed by atoms with Crippen LogP contribution >= 0.6 is 22.6 Å². The third-order valence-electron chi connectivity index (χ3n) is 6.19.